The summed E-state index contributed by atoms with van der Waals surface area (Å²) in [4.78, 5) is 0. The Labute approximate surface area is 47.7 Å². The number of aliphatic hydroxyl groups excluding tert-OH is 1. The maximum atomic E-state index is 12.2. The molecular formula is C5H10FNO. The van der Waals surface area contributed by atoms with Gasteiger partial charge < -0.3 is 5.11 Å². The molecule has 0 aromatic rings. The first kappa shape index (κ1) is 5.98. The van der Waals surface area contributed by atoms with Gasteiger partial charge in [-0.25, -0.2) is 4.39 Å². The second-order valence-electron chi connectivity index (χ2n) is 2.10. The van der Waals surface area contributed by atoms with Crippen LogP contribution in [0.3, 0.4) is 0 Å². The van der Waals surface area contributed by atoms with Crippen LogP contribution >= 0.6 is 0 Å². The van der Waals surface area contributed by atoms with E-state index in [0.717, 1.165) is 0 Å². The van der Waals surface area contributed by atoms with Crippen LogP contribution in [-0.2, 0) is 0 Å². The first-order valence-electron chi connectivity index (χ1n) is 2.84. The van der Waals surface area contributed by atoms with Gasteiger partial charge >= 0.3 is 0 Å². The van der Waals surface area contributed by atoms with E-state index in [1.54, 1.807) is 0 Å². The Bertz CT molecular complexity index is 70.8. The Hall–Kier alpha value is -0.150. The molecule has 1 saturated heterocycles. The standard InChI is InChI=1S/C5H10FNO/c6-5-3-4(8)1-2-7-5/h4-5,7-8H,1-3H2. The van der Waals surface area contributed by atoms with Crippen LogP contribution in [0.15, 0.2) is 0 Å². The molecule has 1 heterocycles. The van der Waals surface area contributed by atoms with E-state index < -0.39 is 12.4 Å². The van der Waals surface area contributed by atoms with Crippen molar-refractivity contribution in [3.8, 4) is 0 Å². The molecule has 0 amide bonds. The molecule has 2 unspecified atom stereocenters. The first-order valence-corrected chi connectivity index (χ1v) is 2.84. The smallest absolute Gasteiger partial charge is 0.153 e. The summed E-state index contributed by atoms with van der Waals surface area (Å²) in [5.41, 5.74) is 0. The molecule has 1 fully saturated rings. The SMILES string of the molecule is OC1CCNC(F)C1. The Balaban J connectivity index is 2.23. The highest BCUT2D eigenvalue weighted by Crippen LogP contribution is 2.07. The van der Waals surface area contributed by atoms with Crippen molar-refractivity contribution in [3.63, 3.8) is 0 Å². The van der Waals surface area contributed by atoms with Crippen LogP contribution in [0, 0.1) is 0 Å². The van der Waals surface area contributed by atoms with Crippen LogP contribution in [-0.4, -0.2) is 24.1 Å². The predicted octanol–water partition coefficient (Wildman–Crippen LogP) is 0.0263. The number of alkyl halides is 1. The van der Waals surface area contributed by atoms with Gasteiger partial charge in [0.1, 0.15) is 0 Å². The number of nitrogens with one attached hydrogen (secondary N) is 1. The van der Waals surface area contributed by atoms with E-state index >= 15 is 0 Å². The number of hydrogen-bond donors (Lipinski definition) is 2. The van der Waals surface area contributed by atoms with E-state index in [0.29, 0.717) is 13.0 Å². The lowest BCUT2D eigenvalue weighted by Crippen LogP contribution is -2.37. The van der Waals surface area contributed by atoms with E-state index in [1.165, 1.54) is 0 Å². The molecule has 2 nitrogen and oxygen atoms in total. The Kier molecular flexibility index (Phi) is 1.81. The second kappa shape index (κ2) is 2.42. The molecule has 1 rings (SSSR count). The van der Waals surface area contributed by atoms with E-state index in [4.69, 9.17) is 5.11 Å². The molecule has 1 aliphatic rings. The van der Waals surface area contributed by atoms with Gasteiger partial charge in [-0.05, 0) is 6.42 Å². The largest absolute Gasteiger partial charge is 0.393 e. The normalized spacial score (nSPS) is 39.8. The minimum atomic E-state index is -0.987. The summed E-state index contributed by atoms with van der Waals surface area (Å²) >= 11 is 0. The molecule has 0 aromatic heterocycles. The van der Waals surface area contributed by atoms with Crippen molar-refractivity contribution >= 4 is 0 Å². The lowest BCUT2D eigenvalue weighted by Gasteiger charge is -2.20. The minimum absolute atomic E-state index is 0.250. The molecule has 48 valence electrons. The summed E-state index contributed by atoms with van der Waals surface area (Å²) in [6.07, 6.45) is -0.481. The van der Waals surface area contributed by atoms with Crippen LogP contribution in [0.5, 0.6) is 0 Å². The summed E-state index contributed by atoms with van der Waals surface area (Å²) in [6, 6.07) is 0. The third-order valence-corrected chi connectivity index (χ3v) is 1.32. The number of aliphatic hydroxyl groups is 1. The van der Waals surface area contributed by atoms with E-state index in [2.05, 4.69) is 5.32 Å². The van der Waals surface area contributed by atoms with Crippen molar-refractivity contribution in [2.45, 2.75) is 25.2 Å². The molecule has 0 bridgehead atoms. The fourth-order valence-corrected chi connectivity index (χ4v) is 0.847. The summed E-state index contributed by atoms with van der Waals surface area (Å²) in [5.74, 6) is 0. The van der Waals surface area contributed by atoms with Crippen molar-refractivity contribution < 1.29 is 9.50 Å². The molecule has 0 aromatic carbocycles. The molecule has 2 atom stereocenters. The van der Waals surface area contributed by atoms with Gasteiger partial charge in [0.05, 0.1) is 6.10 Å². The summed E-state index contributed by atoms with van der Waals surface area (Å²) in [5, 5.41) is 11.4. The topological polar surface area (TPSA) is 32.3 Å². The zero-order chi connectivity index (χ0) is 5.98. The highest BCUT2D eigenvalue weighted by Gasteiger charge is 2.17. The first-order chi connectivity index (χ1) is 3.79. The molecule has 0 spiro atoms. The van der Waals surface area contributed by atoms with Crippen molar-refractivity contribution in [2.75, 3.05) is 6.54 Å². The Morgan fingerprint density at radius 1 is 1.62 bits per heavy atom. The summed E-state index contributed by atoms with van der Waals surface area (Å²) in [6.45, 7) is 0.600. The van der Waals surface area contributed by atoms with Crippen molar-refractivity contribution in [1.29, 1.82) is 0 Å². The van der Waals surface area contributed by atoms with E-state index in [1.807, 2.05) is 0 Å². The highest BCUT2D eigenvalue weighted by molar-refractivity contribution is 4.69. The van der Waals surface area contributed by atoms with E-state index in [9.17, 15) is 4.39 Å². The maximum Gasteiger partial charge on any atom is 0.153 e. The number of piperidine rings is 1. The summed E-state index contributed by atoms with van der Waals surface area (Å²) in [7, 11) is 0. The number of rotatable bonds is 0. The molecule has 8 heavy (non-hydrogen) atoms. The second-order valence-corrected chi connectivity index (χ2v) is 2.10. The van der Waals surface area contributed by atoms with Crippen molar-refractivity contribution in [3.05, 3.63) is 0 Å². The Morgan fingerprint density at radius 3 is 2.75 bits per heavy atom. The third kappa shape index (κ3) is 1.42. The van der Waals surface area contributed by atoms with Gasteiger partial charge in [0, 0.05) is 13.0 Å². The number of hydrogen-bond acceptors (Lipinski definition) is 2. The average Bonchev–Trinajstić information content (AvgIpc) is 1.64. The van der Waals surface area contributed by atoms with Gasteiger partial charge in [-0.2, -0.15) is 0 Å². The van der Waals surface area contributed by atoms with Crippen molar-refractivity contribution in [1.82, 2.24) is 5.32 Å². The molecule has 1 aliphatic heterocycles. The minimum Gasteiger partial charge on any atom is -0.393 e. The van der Waals surface area contributed by atoms with Crippen LogP contribution in [0.2, 0.25) is 0 Å². The summed E-state index contributed by atoms with van der Waals surface area (Å²) < 4.78 is 12.2. The van der Waals surface area contributed by atoms with Gasteiger partial charge in [-0.15, -0.1) is 0 Å². The highest BCUT2D eigenvalue weighted by atomic mass is 19.1. The van der Waals surface area contributed by atoms with Crippen molar-refractivity contribution in [2.24, 2.45) is 0 Å². The van der Waals surface area contributed by atoms with Crippen LogP contribution in [0.25, 0.3) is 0 Å². The third-order valence-electron chi connectivity index (χ3n) is 1.32. The molecule has 0 aliphatic carbocycles. The maximum absolute atomic E-state index is 12.2. The fourth-order valence-electron chi connectivity index (χ4n) is 0.847. The fraction of sp³-hybridized carbons (Fsp3) is 1.00. The lowest BCUT2D eigenvalue weighted by molar-refractivity contribution is 0.0759. The van der Waals surface area contributed by atoms with Gasteiger partial charge in [-0.3, -0.25) is 5.32 Å². The molecule has 2 N–H and O–H groups in total. The molecular weight excluding hydrogens is 109 g/mol. The lowest BCUT2D eigenvalue weighted by atomic mass is 10.1. The van der Waals surface area contributed by atoms with Gasteiger partial charge in [0.25, 0.3) is 0 Å². The molecule has 3 heteroatoms. The van der Waals surface area contributed by atoms with Crippen LogP contribution in [0.1, 0.15) is 12.8 Å². The number of halogens is 1. The Morgan fingerprint density at radius 2 is 2.38 bits per heavy atom. The van der Waals surface area contributed by atoms with E-state index in [-0.39, 0.29) is 6.42 Å². The van der Waals surface area contributed by atoms with Gasteiger partial charge in [0.2, 0.25) is 0 Å². The zero-order valence-corrected chi connectivity index (χ0v) is 4.60. The average molecular weight is 119 g/mol. The van der Waals surface area contributed by atoms with Crippen LogP contribution in [0.4, 0.5) is 4.39 Å². The predicted molar refractivity (Wildman–Crippen MR) is 28.1 cm³/mol. The zero-order valence-electron chi connectivity index (χ0n) is 4.60. The van der Waals surface area contributed by atoms with Crippen LogP contribution < -0.4 is 5.32 Å². The molecule has 0 radical (unpaired) electrons. The monoisotopic (exact) mass is 119 g/mol. The molecule has 0 saturated carbocycles. The van der Waals surface area contributed by atoms with Gasteiger partial charge in [0.15, 0.2) is 6.30 Å². The van der Waals surface area contributed by atoms with Gasteiger partial charge in [-0.1, -0.05) is 0 Å². The quantitative estimate of drug-likeness (QED) is 0.441.